The zero-order valence-corrected chi connectivity index (χ0v) is 19.4. The third kappa shape index (κ3) is 4.01. The van der Waals surface area contributed by atoms with Crippen molar-refractivity contribution in [2.75, 3.05) is 12.0 Å². The summed E-state index contributed by atoms with van der Waals surface area (Å²) in [4.78, 5) is 7.45. The van der Waals surface area contributed by atoms with Crippen LogP contribution in [0.2, 0.25) is 0 Å². The molecule has 1 N–H and O–H groups in total. The molecule has 9 heteroatoms. The number of methoxy groups -OCH3 is 1. The molecule has 4 aromatic rings. The molecule has 1 atom stereocenters. The minimum atomic E-state index is -0.322. The van der Waals surface area contributed by atoms with E-state index < -0.39 is 0 Å². The smallest absolute Gasteiger partial charge is 0.258 e. The lowest BCUT2D eigenvalue weighted by molar-refractivity contribution is 0.404. The molecule has 6 nitrogen and oxygen atoms in total. The van der Waals surface area contributed by atoms with Crippen molar-refractivity contribution in [3.05, 3.63) is 89.0 Å². The Labute approximate surface area is 199 Å². The minimum absolute atomic E-state index is 0.315. The van der Waals surface area contributed by atoms with Gasteiger partial charge in [0.1, 0.15) is 11.6 Å². The lowest BCUT2D eigenvalue weighted by Gasteiger charge is -2.37. The maximum Gasteiger partial charge on any atom is 0.258 e. The van der Waals surface area contributed by atoms with Crippen LogP contribution >= 0.6 is 23.6 Å². The van der Waals surface area contributed by atoms with Gasteiger partial charge in [-0.05, 0) is 72.5 Å². The number of thiocarbonyl (C=S) groups is 1. The summed E-state index contributed by atoms with van der Waals surface area (Å²) in [6.07, 6.45) is 0. The number of aromatic nitrogens is 2. The summed E-state index contributed by atoms with van der Waals surface area (Å²) >= 11 is 7.26. The van der Waals surface area contributed by atoms with Gasteiger partial charge in [0.25, 0.3) is 5.89 Å². The van der Waals surface area contributed by atoms with Gasteiger partial charge in [-0.2, -0.15) is 4.98 Å². The van der Waals surface area contributed by atoms with Crippen LogP contribution in [0.3, 0.4) is 0 Å². The summed E-state index contributed by atoms with van der Waals surface area (Å²) in [7, 11) is 1.63. The van der Waals surface area contributed by atoms with Crippen LogP contribution in [0.5, 0.6) is 5.75 Å². The normalized spacial score (nSPS) is 16.2. The Kier molecular flexibility index (Phi) is 5.65. The van der Waals surface area contributed by atoms with Gasteiger partial charge in [0.2, 0.25) is 5.82 Å². The highest BCUT2D eigenvalue weighted by Crippen LogP contribution is 2.39. The molecule has 0 amide bonds. The van der Waals surface area contributed by atoms with Gasteiger partial charge in [0, 0.05) is 11.4 Å². The van der Waals surface area contributed by atoms with Gasteiger partial charge in [-0.3, -0.25) is 4.90 Å². The van der Waals surface area contributed by atoms with E-state index in [2.05, 4.69) is 15.5 Å². The summed E-state index contributed by atoms with van der Waals surface area (Å²) in [5.41, 5.74) is 3.29. The Morgan fingerprint density at radius 3 is 2.55 bits per heavy atom. The van der Waals surface area contributed by atoms with Crippen LogP contribution in [0.15, 0.2) is 76.3 Å². The fraction of sp³-hybridized carbons (Fsp3) is 0.125. The number of nitrogens with one attached hydrogen (secondary N) is 1. The molecule has 0 fully saturated rings. The SMILES string of the molecule is COc1ccc(C2NC(=S)N(c3ccc(F)cc3)C(C)=C2c2nc(-c3cccs3)no2)cc1. The van der Waals surface area contributed by atoms with Gasteiger partial charge in [-0.1, -0.05) is 23.4 Å². The van der Waals surface area contributed by atoms with Crippen LogP contribution in [-0.4, -0.2) is 22.4 Å². The zero-order chi connectivity index (χ0) is 22.9. The molecule has 3 heterocycles. The number of hydrogen-bond acceptors (Lipinski definition) is 6. The lowest BCUT2D eigenvalue weighted by Crippen LogP contribution is -2.46. The molecule has 5 rings (SSSR count). The molecule has 0 radical (unpaired) electrons. The maximum atomic E-state index is 13.6. The van der Waals surface area contributed by atoms with Crippen molar-refractivity contribution in [1.82, 2.24) is 15.5 Å². The quantitative estimate of drug-likeness (QED) is 0.363. The Balaban J connectivity index is 1.64. The molecule has 1 aliphatic rings. The fourth-order valence-electron chi connectivity index (χ4n) is 3.81. The van der Waals surface area contributed by atoms with Crippen molar-refractivity contribution in [2.45, 2.75) is 13.0 Å². The molecule has 0 bridgehead atoms. The molecule has 0 saturated heterocycles. The molecule has 0 aliphatic carbocycles. The lowest BCUT2D eigenvalue weighted by atomic mass is 9.94. The van der Waals surface area contributed by atoms with Crippen LogP contribution < -0.4 is 15.0 Å². The topological polar surface area (TPSA) is 63.4 Å². The van der Waals surface area contributed by atoms with Crippen molar-refractivity contribution < 1.29 is 13.7 Å². The molecule has 1 aliphatic heterocycles. The predicted molar refractivity (Wildman–Crippen MR) is 131 cm³/mol. The van der Waals surface area contributed by atoms with E-state index >= 15 is 0 Å². The highest BCUT2D eigenvalue weighted by Gasteiger charge is 2.34. The monoisotopic (exact) mass is 478 g/mol. The predicted octanol–water partition coefficient (Wildman–Crippen LogP) is 5.81. The summed E-state index contributed by atoms with van der Waals surface area (Å²) in [6, 6.07) is 17.5. The molecule has 2 aromatic carbocycles. The van der Waals surface area contributed by atoms with E-state index in [1.807, 2.05) is 53.6 Å². The van der Waals surface area contributed by atoms with E-state index in [1.165, 1.54) is 23.5 Å². The van der Waals surface area contributed by atoms with E-state index in [4.69, 9.17) is 21.5 Å². The summed E-state index contributed by atoms with van der Waals surface area (Å²) in [6.45, 7) is 1.94. The van der Waals surface area contributed by atoms with E-state index in [0.29, 0.717) is 16.8 Å². The second-order valence-corrected chi connectivity index (χ2v) is 8.70. The third-order valence-corrected chi connectivity index (χ3v) is 6.58. The number of anilines is 1. The van der Waals surface area contributed by atoms with Crippen LogP contribution in [0.1, 0.15) is 24.4 Å². The molecule has 0 spiro atoms. The second-order valence-electron chi connectivity index (χ2n) is 7.37. The van der Waals surface area contributed by atoms with Gasteiger partial charge in [-0.15, -0.1) is 11.3 Å². The van der Waals surface area contributed by atoms with E-state index in [9.17, 15) is 4.39 Å². The molecular weight excluding hydrogens is 459 g/mol. The van der Waals surface area contributed by atoms with E-state index in [-0.39, 0.29) is 11.9 Å². The number of thiophene rings is 1. The van der Waals surface area contributed by atoms with Gasteiger partial charge in [0.05, 0.1) is 23.6 Å². The minimum Gasteiger partial charge on any atom is -0.497 e. The average molecular weight is 479 g/mol. The highest BCUT2D eigenvalue weighted by atomic mass is 32.1. The number of rotatable bonds is 5. The summed E-state index contributed by atoms with van der Waals surface area (Å²) in [5, 5.41) is 10.0. The van der Waals surface area contributed by atoms with Crippen molar-refractivity contribution in [1.29, 1.82) is 0 Å². The van der Waals surface area contributed by atoms with E-state index in [1.54, 1.807) is 19.2 Å². The van der Waals surface area contributed by atoms with Gasteiger partial charge in [0.15, 0.2) is 5.11 Å². The first-order valence-electron chi connectivity index (χ1n) is 10.1. The Hall–Kier alpha value is -3.56. The average Bonchev–Trinajstić information content (AvgIpc) is 3.52. The van der Waals surface area contributed by atoms with Crippen molar-refractivity contribution in [2.24, 2.45) is 0 Å². The fourth-order valence-corrected chi connectivity index (χ4v) is 4.82. The number of nitrogens with zero attached hydrogens (tertiary/aromatic N) is 3. The Morgan fingerprint density at radius 1 is 1.12 bits per heavy atom. The molecular formula is C24H19FN4O2S2. The largest absolute Gasteiger partial charge is 0.497 e. The first-order chi connectivity index (χ1) is 16.0. The first kappa shape index (κ1) is 21.3. The molecule has 166 valence electrons. The van der Waals surface area contributed by atoms with Crippen molar-refractivity contribution in [3.8, 4) is 16.5 Å². The molecule has 33 heavy (non-hydrogen) atoms. The maximum absolute atomic E-state index is 13.6. The summed E-state index contributed by atoms with van der Waals surface area (Å²) < 4.78 is 24.6. The van der Waals surface area contributed by atoms with Gasteiger partial charge < -0.3 is 14.6 Å². The van der Waals surface area contributed by atoms with Crippen LogP contribution in [-0.2, 0) is 0 Å². The zero-order valence-electron chi connectivity index (χ0n) is 17.8. The molecule has 2 aromatic heterocycles. The number of halogens is 1. The van der Waals surface area contributed by atoms with Crippen LogP contribution in [0, 0.1) is 5.82 Å². The number of ether oxygens (including phenoxy) is 1. The summed E-state index contributed by atoms with van der Waals surface area (Å²) in [5.74, 6) is 1.35. The van der Waals surface area contributed by atoms with Crippen molar-refractivity contribution >= 4 is 39.9 Å². The number of hydrogen-bond donors (Lipinski definition) is 1. The Morgan fingerprint density at radius 2 is 1.88 bits per heavy atom. The van der Waals surface area contributed by atoms with Crippen LogP contribution in [0.4, 0.5) is 10.1 Å². The molecule has 0 saturated carbocycles. The van der Waals surface area contributed by atoms with Crippen molar-refractivity contribution in [3.63, 3.8) is 0 Å². The Bertz CT molecular complexity index is 1320. The number of allylic oxidation sites excluding steroid dienone is 1. The third-order valence-electron chi connectivity index (χ3n) is 5.42. The van der Waals surface area contributed by atoms with Gasteiger partial charge >= 0.3 is 0 Å². The molecule has 1 unspecified atom stereocenters. The highest BCUT2D eigenvalue weighted by molar-refractivity contribution is 7.80. The number of benzene rings is 2. The first-order valence-corrected chi connectivity index (χ1v) is 11.4. The van der Waals surface area contributed by atoms with Crippen LogP contribution in [0.25, 0.3) is 16.3 Å². The standard InChI is InChI=1S/C24H19FN4O2S2/c1-14-20(23-27-22(28-31-23)19-4-3-13-33-19)21(15-5-11-18(30-2)12-6-15)26-24(32)29(14)17-9-7-16(25)8-10-17/h3-13,21H,1-2H3,(H,26,32). The second kappa shape index (κ2) is 8.76. The van der Waals surface area contributed by atoms with Gasteiger partial charge in [-0.25, -0.2) is 4.39 Å². The van der Waals surface area contributed by atoms with E-state index in [0.717, 1.165) is 33.1 Å².